The van der Waals surface area contributed by atoms with Gasteiger partial charge in [0.15, 0.2) is 0 Å². The van der Waals surface area contributed by atoms with E-state index in [1.165, 1.54) is 49.7 Å². The fraction of sp³-hybridized carbons (Fsp3) is 0.0968. The summed E-state index contributed by atoms with van der Waals surface area (Å²) in [5.74, 6) is 1.41. The van der Waals surface area contributed by atoms with Gasteiger partial charge in [0, 0.05) is 33.5 Å². The van der Waals surface area contributed by atoms with Crippen LogP contribution in [0.5, 0.6) is 0 Å². The third-order valence-electron chi connectivity index (χ3n) is 7.10. The lowest BCUT2D eigenvalue weighted by atomic mass is 9.85. The third-order valence-corrected chi connectivity index (χ3v) is 8.21. The van der Waals surface area contributed by atoms with Crippen LogP contribution in [-0.2, 0) is 5.75 Å². The third kappa shape index (κ3) is 2.94. The van der Waals surface area contributed by atoms with E-state index in [-0.39, 0.29) is 0 Å². The van der Waals surface area contributed by atoms with Crippen molar-refractivity contribution in [1.82, 2.24) is 0 Å². The Labute approximate surface area is 199 Å². The van der Waals surface area contributed by atoms with Crippen LogP contribution in [0.4, 0.5) is 11.4 Å². The molecule has 2 aliphatic heterocycles. The highest BCUT2D eigenvalue weighted by atomic mass is 32.2. The lowest BCUT2D eigenvalue weighted by molar-refractivity contribution is 0.745. The first-order valence-corrected chi connectivity index (χ1v) is 12.5. The summed E-state index contributed by atoms with van der Waals surface area (Å²) in [6, 6.07) is 33.6. The number of benzene rings is 4. The molecule has 0 saturated carbocycles. The number of anilines is 2. The van der Waals surface area contributed by atoms with Crippen LogP contribution >= 0.6 is 11.8 Å². The maximum atomic E-state index is 2.54. The number of thioether (sulfide) groups is 1. The van der Waals surface area contributed by atoms with Crippen molar-refractivity contribution in [1.29, 1.82) is 0 Å². The topological polar surface area (TPSA) is 3.24 Å². The van der Waals surface area contributed by atoms with Crippen molar-refractivity contribution in [2.24, 2.45) is 0 Å². The van der Waals surface area contributed by atoms with Crippen LogP contribution in [0, 0.1) is 0 Å². The smallest absolute Gasteiger partial charge is 0.0629 e. The van der Waals surface area contributed by atoms with Crippen LogP contribution in [0.2, 0.25) is 0 Å². The Kier molecular flexibility index (Phi) is 4.34. The minimum Gasteiger partial charge on any atom is -0.333 e. The SMILES string of the molecule is C1=CC2c3c(ccc4c3-c3ccccc3CS4)N(c3ccc(-c4ccccc4)cc3)C2C=C1. The molecular formula is C31H23NS. The number of fused-ring (bicyclic) bond motifs is 7. The van der Waals surface area contributed by atoms with E-state index in [4.69, 9.17) is 0 Å². The van der Waals surface area contributed by atoms with Gasteiger partial charge in [-0.2, -0.15) is 0 Å². The highest BCUT2D eigenvalue weighted by Gasteiger charge is 2.40. The average molecular weight is 442 g/mol. The number of hydrogen-bond acceptors (Lipinski definition) is 2. The Morgan fingerprint density at radius 2 is 1.45 bits per heavy atom. The van der Waals surface area contributed by atoms with E-state index in [1.807, 2.05) is 11.8 Å². The van der Waals surface area contributed by atoms with E-state index in [1.54, 1.807) is 0 Å². The second-order valence-corrected chi connectivity index (χ2v) is 9.90. The highest BCUT2D eigenvalue weighted by Crippen LogP contribution is 2.55. The Balaban J connectivity index is 1.39. The molecule has 4 aromatic carbocycles. The molecule has 4 aromatic rings. The molecule has 2 heteroatoms. The Morgan fingerprint density at radius 3 is 2.33 bits per heavy atom. The Hall–Kier alpha value is -3.49. The van der Waals surface area contributed by atoms with Gasteiger partial charge < -0.3 is 4.90 Å². The molecule has 0 bridgehead atoms. The number of nitrogens with zero attached hydrogens (tertiary/aromatic N) is 1. The second kappa shape index (κ2) is 7.54. The van der Waals surface area contributed by atoms with Gasteiger partial charge in [0.2, 0.25) is 0 Å². The minimum atomic E-state index is 0.304. The molecule has 7 rings (SSSR count). The lowest BCUT2D eigenvalue weighted by Crippen LogP contribution is -2.28. The molecule has 158 valence electrons. The van der Waals surface area contributed by atoms with Crippen molar-refractivity contribution in [3.05, 3.63) is 126 Å². The second-order valence-electron chi connectivity index (χ2n) is 8.89. The summed E-state index contributed by atoms with van der Waals surface area (Å²) >= 11 is 1.97. The monoisotopic (exact) mass is 441 g/mol. The van der Waals surface area contributed by atoms with E-state index >= 15 is 0 Å². The van der Waals surface area contributed by atoms with Gasteiger partial charge in [-0.1, -0.05) is 91.0 Å². The molecule has 1 nitrogen and oxygen atoms in total. The van der Waals surface area contributed by atoms with Crippen molar-refractivity contribution in [3.63, 3.8) is 0 Å². The van der Waals surface area contributed by atoms with Crippen molar-refractivity contribution in [2.75, 3.05) is 4.90 Å². The first kappa shape index (κ1) is 19.0. The largest absolute Gasteiger partial charge is 0.333 e. The van der Waals surface area contributed by atoms with Crippen LogP contribution in [0.15, 0.2) is 120 Å². The fourth-order valence-corrected chi connectivity index (χ4v) is 6.70. The van der Waals surface area contributed by atoms with E-state index < -0.39 is 0 Å². The van der Waals surface area contributed by atoms with Crippen LogP contribution in [0.3, 0.4) is 0 Å². The molecule has 0 fully saturated rings. The van der Waals surface area contributed by atoms with E-state index in [9.17, 15) is 0 Å². The minimum absolute atomic E-state index is 0.304. The van der Waals surface area contributed by atoms with Crippen molar-refractivity contribution in [2.45, 2.75) is 22.6 Å². The van der Waals surface area contributed by atoms with Gasteiger partial charge in [0.1, 0.15) is 0 Å². The molecule has 1 aliphatic carbocycles. The first-order valence-electron chi connectivity index (χ1n) is 11.6. The zero-order chi connectivity index (χ0) is 21.8. The predicted octanol–water partition coefficient (Wildman–Crippen LogP) is 8.36. The zero-order valence-corrected chi connectivity index (χ0v) is 19.0. The first-order chi connectivity index (χ1) is 16.4. The van der Waals surface area contributed by atoms with Crippen molar-refractivity contribution < 1.29 is 0 Å². The van der Waals surface area contributed by atoms with E-state index in [0.717, 1.165) is 5.75 Å². The molecule has 3 aliphatic rings. The number of allylic oxidation sites excluding steroid dienone is 2. The van der Waals surface area contributed by atoms with Crippen LogP contribution in [0.25, 0.3) is 22.3 Å². The summed E-state index contributed by atoms with van der Waals surface area (Å²) < 4.78 is 0. The van der Waals surface area contributed by atoms with Gasteiger partial charge in [-0.3, -0.25) is 0 Å². The molecule has 2 heterocycles. The number of hydrogen-bond donors (Lipinski definition) is 0. The average Bonchev–Trinajstić information content (AvgIpc) is 3.23. The van der Waals surface area contributed by atoms with Crippen LogP contribution in [0.1, 0.15) is 17.0 Å². The predicted molar refractivity (Wildman–Crippen MR) is 140 cm³/mol. The molecule has 0 amide bonds. The molecule has 0 spiro atoms. The summed E-state index contributed by atoms with van der Waals surface area (Å²) in [6.45, 7) is 0. The van der Waals surface area contributed by atoms with E-state index in [2.05, 4.69) is 120 Å². The maximum absolute atomic E-state index is 2.54. The van der Waals surface area contributed by atoms with Crippen molar-refractivity contribution >= 4 is 23.1 Å². The summed E-state index contributed by atoms with van der Waals surface area (Å²) in [5, 5.41) is 0. The fourth-order valence-electron chi connectivity index (χ4n) is 5.61. The van der Waals surface area contributed by atoms with Gasteiger partial charge in [-0.25, -0.2) is 0 Å². The summed E-state index contributed by atoms with van der Waals surface area (Å²) in [5.41, 5.74) is 10.9. The lowest BCUT2D eigenvalue weighted by Gasteiger charge is -2.28. The zero-order valence-electron chi connectivity index (χ0n) is 18.2. The molecule has 33 heavy (non-hydrogen) atoms. The standard InChI is InChI=1S/C31H23NS/c1-2-8-21(9-3-1)22-14-16-24(17-15-22)32-27-13-7-6-12-26(27)30-28(32)18-19-29-31(30)25-11-5-4-10-23(25)20-33-29/h1-19,26-27H,20H2. The Bertz CT molecular complexity index is 1420. The molecule has 2 unspecified atom stereocenters. The summed E-state index contributed by atoms with van der Waals surface area (Å²) in [4.78, 5) is 3.95. The van der Waals surface area contributed by atoms with Gasteiger partial charge in [0.25, 0.3) is 0 Å². The quantitative estimate of drug-likeness (QED) is 0.307. The molecule has 2 atom stereocenters. The van der Waals surface area contributed by atoms with Gasteiger partial charge in [-0.15, -0.1) is 11.8 Å². The maximum Gasteiger partial charge on any atom is 0.0629 e. The molecular weight excluding hydrogens is 418 g/mol. The van der Waals surface area contributed by atoms with E-state index in [0.29, 0.717) is 12.0 Å². The van der Waals surface area contributed by atoms with Crippen LogP contribution in [-0.4, -0.2) is 6.04 Å². The summed E-state index contributed by atoms with van der Waals surface area (Å²) in [7, 11) is 0. The van der Waals surface area contributed by atoms with Crippen LogP contribution < -0.4 is 4.90 Å². The molecule has 0 aromatic heterocycles. The van der Waals surface area contributed by atoms with Gasteiger partial charge >= 0.3 is 0 Å². The number of rotatable bonds is 2. The summed E-state index contributed by atoms with van der Waals surface area (Å²) in [6.07, 6.45) is 9.18. The highest BCUT2D eigenvalue weighted by molar-refractivity contribution is 7.98. The van der Waals surface area contributed by atoms with Crippen molar-refractivity contribution in [3.8, 4) is 22.3 Å². The normalized spacial score (nSPS) is 19.6. The van der Waals surface area contributed by atoms with Gasteiger partial charge in [0.05, 0.1) is 6.04 Å². The molecule has 0 saturated heterocycles. The molecule has 0 radical (unpaired) electrons. The Morgan fingerprint density at radius 1 is 0.697 bits per heavy atom. The van der Waals surface area contributed by atoms with Gasteiger partial charge in [-0.05, 0) is 52.1 Å². The molecule has 0 N–H and O–H groups in total.